The molecule has 0 radical (unpaired) electrons. The number of likely N-dealkylation sites (N-methyl/N-ethyl adjacent to an activating group) is 1. The number of carbonyl (C=O) groups excluding carboxylic acids is 1. The van der Waals surface area contributed by atoms with E-state index >= 15 is 0 Å². The number of rotatable bonds is 4. The Morgan fingerprint density at radius 1 is 1.28 bits per heavy atom. The van der Waals surface area contributed by atoms with Crippen LogP contribution in [0.15, 0.2) is 48.8 Å². The molecule has 0 unspecified atom stereocenters. The topological polar surface area (TPSA) is 67.6 Å². The summed E-state index contributed by atoms with van der Waals surface area (Å²) in [5.41, 5.74) is 0.284. The van der Waals surface area contributed by atoms with Crippen LogP contribution < -0.4 is 0 Å². The van der Waals surface area contributed by atoms with Crippen molar-refractivity contribution in [1.82, 2.24) is 14.7 Å². The summed E-state index contributed by atoms with van der Waals surface area (Å²) in [6.45, 7) is 4.34. The van der Waals surface area contributed by atoms with Gasteiger partial charge in [-0.1, -0.05) is 30.3 Å². The Morgan fingerprint density at radius 3 is 2.72 bits per heavy atom. The molecule has 2 fully saturated rings. The smallest absolute Gasteiger partial charge is 0.244 e. The minimum Gasteiger partial charge on any atom is -0.388 e. The van der Waals surface area contributed by atoms with Gasteiger partial charge in [-0.15, -0.1) is 0 Å². The average Bonchev–Trinajstić information content (AvgIpc) is 3.18. The molecule has 1 N–H and O–H groups in total. The van der Waals surface area contributed by atoms with Gasteiger partial charge < -0.3 is 14.7 Å². The van der Waals surface area contributed by atoms with Gasteiger partial charge >= 0.3 is 0 Å². The third-order valence-corrected chi connectivity index (χ3v) is 6.79. The Morgan fingerprint density at radius 2 is 2.03 bits per heavy atom. The third-order valence-electron chi connectivity index (χ3n) is 6.79. The molecule has 29 heavy (non-hydrogen) atoms. The van der Waals surface area contributed by atoms with Gasteiger partial charge in [0.05, 0.1) is 17.2 Å². The number of nitrogens with zero attached hydrogens (tertiary/aromatic N) is 3. The number of fused-ring (bicyclic) bond motifs is 2. The molecule has 3 heterocycles. The summed E-state index contributed by atoms with van der Waals surface area (Å²) in [6, 6.07) is 12.0. The number of aliphatic hydroxyl groups excluding tert-OH is 1. The first-order valence-corrected chi connectivity index (χ1v) is 10.5. The summed E-state index contributed by atoms with van der Waals surface area (Å²) in [5, 5.41) is 15.5. The van der Waals surface area contributed by atoms with Gasteiger partial charge in [0, 0.05) is 19.4 Å². The predicted octanol–water partition coefficient (Wildman–Crippen LogP) is 2.98. The maximum atomic E-state index is 12.8. The molecule has 2 aliphatic rings. The predicted molar refractivity (Wildman–Crippen MR) is 110 cm³/mol. The highest BCUT2D eigenvalue weighted by molar-refractivity contribution is 5.76. The fraction of sp³-hybridized carbons (Fsp3) is 0.565. The van der Waals surface area contributed by atoms with E-state index in [1.165, 1.54) is 5.56 Å². The number of aliphatic hydroxyl groups is 1. The lowest BCUT2D eigenvalue weighted by Gasteiger charge is -2.49. The van der Waals surface area contributed by atoms with Crippen LogP contribution in [0.4, 0.5) is 0 Å². The second-order valence-corrected chi connectivity index (χ2v) is 9.14. The highest BCUT2D eigenvalue weighted by Gasteiger charge is 2.54. The van der Waals surface area contributed by atoms with E-state index in [0.717, 1.165) is 25.7 Å². The number of hydrogen-bond acceptors (Lipinski definition) is 4. The summed E-state index contributed by atoms with van der Waals surface area (Å²) in [4.78, 5) is 14.5. The quantitative estimate of drug-likeness (QED) is 0.861. The molecule has 6 heteroatoms. The highest BCUT2D eigenvalue weighted by atomic mass is 16.5. The number of aromatic nitrogens is 2. The second kappa shape index (κ2) is 7.58. The maximum absolute atomic E-state index is 12.8. The molecule has 1 aromatic carbocycles. The van der Waals surface area contributed by atoms with Crippen LogP contribution in [0, 0.1) is 0 Å². The van der Waals surface area contributed by atoms with Gasteiger partial charge in [-0.05, 0) is 57.1 Å². The van der Waals surface area contributed by atoms with E-state index in [0.29, 0.717) is 5.92 Å². The Bertz CT molecular complexity index is 840. The van der Waals surface area contributed by atoms with E-state index < -0.39 is 11.7 Å². The van der Waals surface area contributed by atoms with Crippen molar-refractivity contribution in [3.05, 3.63) is 54.4 Å². The first kappa shape index (κ1) is 20.1. The molecule has 4 rings (SSSR count). The highest BCUT2D eigenvalue weighted by Crippen LogP contribution is 2.50. The van der Waals surface area contributed by atoms with Gasteiger partial charge in [-0.25, -0.2) is 0 Å². The van der Waals surface area contributed by atoms with Gasteiger partial charge in [0.15, 0.2) is 0 Å². The molecule has 1 aromatic heterocycles. The molecule has 5 atom stereocenters. The number of ether oxygens (including phenoxy) is 1. The largest absolute Gasteiger partial charge is 0.388 e. The Hall–Kier alpha value is -2.18. The maximum Gasteiger partial charge on any atom is 0.244 e. The Kier molecular flexibility index (Phi) is 5.25. The molecule has 2 aromatic rings. The zero-order chi connectivity index (χ0) is 20.6. The van der Waals surface area contributed by atoms with Crippen LogP contribution in [0.3, 0.4) is 0 Å². The van der Waals surface area contributed by atoms with E-state index in [1.54, 1.807) is 35.1 Å². The first-order chi connectivity index (χ1) is 13.8. The molecule has 1 amide bonds. The molecule has 2 bridgehead atoms. The summed E-state index contributed by atoms with van der Waals surface area (Å²) < 4.78 is 8.16. The Balaban J connectivity index is 1.57. The number of amides is 1. The van der Waals surface area contributed by atoms with Crippen molar-refractivity contribution < 1.29 is 14.6 Å². The molecular weight excluding hydrogens is 366 g/mol. The SMILES string of the molecule is CN(C(=O)Cn1cccn1)[C@H]1CC[C@@]2(C)C[C@H](c3ccccc3)C[C@](C)(O2)[C@@H]1O. The average molecular weight is 398 g/mol. The van der Waals surface area contributed by atoms with Crippen LogP contribution in [0.5, 0.6) is 0 Å². The zero-order valence-electron chi connectivity index (χ0n) is 17.5. The van der Waals surface area contributed by atoms with Gasteiger partial charge in [-0.2, -0.15) is 5.10 Å². The lowest BCUT2D eigenvalue weighted by Crippen LogP contribution is -2.58. The molecule has 0 aliphatic carbocycles. The summed E-state index contributed by atoms with van der Waals surface area (Å²) in [6.07, 6.45) is 5.89. The minimum atomic E-state index is -0.748. The van der Waals surface area contributed by atoms with E-state index in [2.05, 4.69) is 36.3 Å². The van der Waals surface area contributed by atoms with Gasteiger partial charge in [0.2, 0.25) is 5.91 Å². The molecule has 2 aliphatic heterocycles. The van der Waals surface area contributed by atoms with Crippen LogP contribution in [0.1, 0.15) is 51.0 Å². The van der Waals surface area contributed by atoms with Crippen molar-refractivity contribution >= 4 is 5.91 Å². The number of benzene rings is 1. The van der Waals surface area contributed by atoms with E-state index in [9.17, 15) is 9.90 Å². The van der Waals surface area contributed by atoms with E-state index in [4.69, 9.17) is 4.74 Å². The summed E-state index contributed by atoms with van der Waals surface area (Å²) >= 11 is 0. The Labute approximate surface area is 172 Å². The molecule has 2 saturated heterocycles. The van der Waals surface area contributed by atoms with E-state index in [1.807, 2.05) is 13.0 Å². The van der Waals surface area contributed by atoms with Crippen molar-refractivity contribution in [2.75, 3.05) is 7.05 Å². The minimum absolute atomic E-state index is 0.0532. The number of hydrogen-bond donors (Lipinski definition) is 1. The number of carbonyl (C=O) groups is 1. The van der Waals surface area contributed by atoms with Gasteiger partial charge in [-0.3, -0.25) is 9.48 Å². The lowest BCUT2D eigenvalue weighted by molar-refractivity contribution is -0.215. The van der Waals surface area contributed by atoms with Crippen molar-refractivity contribution in [3.8, 4) is 0 Å². The fourth-order valence-corrected chi connectivity index (χ4v) is 5.28. The van der Waals surface area contributed by atoms with Crippen LogP contribution in [0.2, 0.25) is 0 Å². The fourth-order valence-electron chi connectivity index (χ4n) is 5.28. The lowest BCUT2D eigenvalue weighted by atomic mass is 9.74. The van der Waals surface area contributed by atoms with Crippen molar-refractivity contribution in [2.24, 2.45) is 0 Å². The normalized spacial score (nSPS) is 34.4. The van der Waals surface area contributed by atoms with E-state index in [-0.39, 0.29) is 24.1 Å². The van der Waals surface area contributed by atoms with Crippen LogP contribution in [-0.4, -0.2) is 56.1 Å². The zero-order valence-corrected chi connectivity index (χ0v) is 17.5. The monoisotopic (exact) mass is 397 g/mol. The second-order valence-electron chi connectivity index (χ2n) is 9.14. The van der Waals surface area contributed by atoms with Gasteiger partial charge in [0.1, 0.15) is 12.6 Å². The molecule has 0 saturated carbocycles. The van der Waals surface area contributed by atoms with Crippen LogP contribution in [-0.2, 0) is 16.1 Å². The van der Waals surface area contributed by atoms with Crippen molar-refractivity contribution in [3.63, 3.8) is 0 Å². The van der Waals surface area contributed by atoms with Gasteiger partial charge in [0.25, 0.3) is 0 Å². The molecular formula is C23H31N3O3. The van der Waals surface area contributed by atoms with Crippen molar-refractivity contribution in [1.29, 1.82) is 0 Å². The molecule has 0 spiro atoms. The standard InChI is InChI=1S/C23H31N3O3/c1-22-11-10-19(25(3)20(27)16-26-13-7-12-24-26)21(28)23(2,29-22)15-18(14-22)17-8-5-4-6-9-17/h4-9,12-13,18-19,21,28H,10-11,14-16H2,1-3H3/t18-,19-,21+,22-,23-/m0/s1. The van der Waals surface area contributed by atoms with Crippen LogP contribution >= 0.6 is 0 Å². The first-order valence-electron chi connectivity index (χ1n) is 10.5. The molecule has 6 nitrogen and oxygen atoms in total. The summed E-state index contributed by atoms with van der Waals surface area (Å²) in [5.74, 6) is 0.279. The summed E-state index contributed by atoms with van der Waals surface area (Å²) in [7, 11) is 1.79. The molecule has 156 valence electrons. The third kappa shape index (κ3) is 3.96. The van der Waals surface area contributed by atoms with Crippen LogP contribution in [0.25, 0.3) is 0 Å². The van der Waals surface area contributed by atoms with Crippen molar-refractivity contribution in [2.45, 2.75) is 75.3 Å².